The molecule has 0 aliphatic carbocycles. The van der Waals surface area contributed by atoms with Crippen LogP contribution in [0.2, 0.25) is 0 Å². The predicted molar refractivity (Wildman–Crippen MR) is 110 cm³/mol. The number of fused-ring (bicyclic) bond motifs is 1. The van der Waals surface area contributed by atoms with Crippen molar-refractivity contribution < 1.29 is 4.74 Å². The normalized spacial score (nSPS) is 18.1. The molecule has 1 aliphatic heterocycles. The number of ether oxygens (including phenoxy) is 1. The number of likely N-dealkylation sites (tertiary alicyclic amines) is 1. The number of aromatic nitrogens is 2. The van der Waals surface area contributed by atoms with E-state index in [0.29, 0.717) is 6.04 Å². The SMILES string of the molecule is CC(C)Oc1ccc(CN2CCCC(Nc3ccc4[nH]ncc4c3)C2)cc1. The standard InChI is InChI=1S/C22H28N4O/c1-16(2)27-21-8-5-17(6-9-21)14-26-11-3-4-20(15-26)24-19-7-10-22-18(12-19)13-23-25-22/h5-10,12-13,16,20,24H,3-4,11,14-15H2,1-2H3,(H,23,25). The molecule has 2 heterocycles. The summed E-state index contributed by atoms with van der Waals surface area (Å²) in [6, 6.07) is 15.4. The first-order chi connectivity index (χ1) is 13.2. The number of piperidine rings is 1. The van der Waals surface area contributed by atoms with E-state index in [-0.39, 0.29) is 6.10 Å². The zero-order valence-corrected chi connectivity index (χ0v) is 16.1. The molecule has 0 amide bonds. The third kappa shape index (κ3) is 4.61. The van der Waals surface area contributed by atoms with Crippen LogP contribution in [-0.4, -0.2) is 40.3 Å². The van der Waals surface area contributed by atoms with E-state index < -0.39 is 0 Å². The Kier molecular flexibility index (Phi) is 5.30. The number of H-pyrrole nitrogens is 1. The molecule has 1 saturated heterocycles. The number of hydrogen-bond acceptors (Lipinski definition) is 4. The van der Waals surface area contributed by atoms with Crippen LogP contribution >= 0.6 is 0 Å². The van der Waals surface area contributed by atoms with Gasteiger partial charge in [-0.2, -0.15) is 5.10 Å². The Morgan fingerprint density at radius 3 is 2.89 bits per heavy atom. The molecule has 142 valence electrons. The maximum absolute atomic E-state index is 5.74. The molecular formula is C22H28N4O. The molecule has 2 aromatic carbocycles. The highest BCUT2D eigenvalue weighted by Crippen LogP contribution is 2.22. The first-order valence-electron chi connectivity index (χ1n) is 9.83. The van der Waals surface area contributed by atoms with Crippen molar-refractivity contribution in [3.8, 4) is 5.75 Å². The van der Waals surface area contributed by atoms with Gasteiger partial charge in [0.1, 0.15) is 5.75 Å². The highest BCUT2D eigenvalue weighted by molar-refractivity contribution is 5.81. The van der Waals surface area contributed by atoms with Gasteiger partial charge in [0.15, 0.2) is 0 Å². The van der Waals surface area contributed by atoms with Gasteiger partial charge in [-0.1, -0.05) is 12.1 Å². The molecule has 1 atom stereocenters. The van der Waals surface area contributed by atoms with Crippen LogP contribution in [-0.2, 0) is 6.54 Å². The largest absolute Gasteiger partial charge is 0.491 e. The van der Waals surface area contributed by atoms with Crippen molar-refractivity contribution in [1.29, 1.82) is 0 Å². The lowest BCUT2D eigenvalue weighted by Crippen LogP contribution is -2.41. The van der Waals surface area contributed by atoms with Crippen LogP contribution in [0.4, 0.5) is 5.69 Å². The Hall–Kier alpha value is -2.53. The van der Waals surface area contributed by atoms with Gasteiger partial charge in [0.05, 0.1) is 17.8 Å². The van der Waals surface area contributed by atoms with Crippen molar-refractivity contribution in [3.05, 3.63) is 54.2 Å². The maximum atomic E-state index is 5.74. The van der Waals surface area contributed by atoms with E-state index in [1.807, 2.05) is 6.20 Å². The van der Waals surface area contributed by atoms with E-state index in [0.717, 1.165) is 36.3 Å². The molecule has 27 heavy (non-hydrogen) atoms. The van der Waals surface area contributed by atoms with Crippen LogP contribution in [0.15, 0.2) is 48.7 Å². The van der Waals surface area contributed by atoms with Gasteiger partial charge >= 0.3 is 0 Å². The topological polar surface area (TPSA) is 53.2 Å². The van der Waals surface area contributed by atoms with Gasteiger partial charge in [-0.05, 0) is 69.1 Å². The number of anilines is 1. The number of aromatic amines is 1. The summed E-state index contributed by atoms with van der Waals surface area (Å²) in [7, 11) is 0. The summed E-state index contributed by atoms with van der Waals surface area (Å²) < 4.78 is 5.74. The van der Waals surface area contributed by atoms with Gasteiger partial charge in [-0.3, -0.25) is 10.00 Å². The van der Waals surface area contributed by atoms with Gasteiger partial charge in [0.2, 0.25) is 0 Å². The third-order valence-electron chi connectivity index (χ3n) is 5.02. The minimum absolute atomic E-state index is 0.214. The minimum atomic E-state index is 0.214. The first-order valence-corrected chi connectivity index (χ1v) is 9.83. The van der Waals surface area contributed by atoms with E-state index in [1.54, 1.807) is 0 Å². The maximum Gasteiger partial charge on any atom is 0.119 e. The lowest BCUT2D eigenvalue weighted by molar-refractivity contribution is 0.208. The second-order valence-corrected chi connectivity index (χ2v) is 7.70. The van der Waals surface area contributed by atoms with Gasteiger partial charge in [0.25, 0.3) is 0 Å². The van der Waals surface area contributed by atoms with Gasteiger partial charge in [0, 0.05) is 30.2 Å². The zero-order chi connectivity index (χ0) is 18.6. The zero-order valence-electron chi connectivity index (χ0n) is 16.1. The highest BCUT2D eigenvalue weighted by Gasteiger charge is 2.20. The molecule has 5 heteroatoms. The van der Waals surface area contributed by atoms with Crippen LogP contribution in [0.25, 0.3) is 10.9 Å². The Morgan fingerprint density at radius 1 is 1.22 bits per heavy atom. The summed E-state index contributed by atoms with van der Waals surface area (Å²) in [6.45, 7) is 7.32. The number of nitrogens with zero attached hydrogens (tertiary/aromatic N) is 2. The highest BCUT2D eigenvalue weighted by atomic mass is 16.5. The molecule has 0 bridgehead atoms. The fraction of sp³-hybridized carbons (Fsp3) is 0.409. The predicted octanol–water partition coefficient (Wildman–Crippen LogP) is 4.43. The molecule has 0 saturated carbocycles. The van der Waals surface area contributed by atoms with Crippen LogP contribution < -0.4 is 10.1 Å². The van der Waals surface area contributed by atoms with Crippen LogP contribution in [0.5, 0.6) is 5.75 Å². The number of benzene rings is 2. The van der Waals surface area contributed by atoms with Crippen molar-refractivity contribution >= 4 is 16.6 Å². The summed E-state index contributed by atoms with van der Waals surface area (Å²) in [5, 5.41) is 12.0. The Bertz CT molecular complexity index is 871. The smallest absolute Gasteiger partial charge is 0.119 e. The van der Waals surface area contributed by atoms with Crippen LogP contribution in [0, 0.1) is 0 Å². The molecule has 1 aliphatic rings. The molecule has 5 nitrogen and oxygen atoms in total. The number of hydrogen-bond donors (Lipinski definition) is 2. The summed E-state index contributed by atoms with van der Waals surface area (Å²) in [5.74, 6) is 0.946. The molecule has 1 fully saturated rings. The first kappa shape index (κ1) is 17.9. The van der Waals surface area contributed by atoms with Crippen LogP contribution in [0.3, 0.4) is 0 Å². The second-order valence-electron chi connectivity index (χ2n) is 7.70. The second kappa shape index (κ2) is 8.01. The van der Waals surface area contributed by atoms with Crippen molar-refractivity contribution in [2.45, 2.75) is 45.4 Å². The van der Waals surface area contributed by atoms with E-state index >= 15 is 0 Å². The van der Waals surface area contributed by atoms with Crippen molar-refractivity contribution in [3.63, 3.8) is 0 Å². The van der Waals surface area contributed by atoms with E-state index in [1.165, 1.54) is 24.1 Å². The average molecular weight is 364 g/mol. The fourth-order valence-corrected chi connectivity index (χ4v) is 3.79. The minimum Gasteiger partial charge on any atom is -0.491 e. The Morgan fingerprint density at radius 2 is 2.07 bits per heavy atom. The monoisotopic (exact) mass is 364 g/mol. The lowest BCUT2D eigenvalue weighted by atomic mass is 10.0. The van der Waals surface area contributed by atoms with Crippen LogP contribution in [0.1, 0.15) is 32.3 Å². The van der Waals surface area contributed by atoms with Crippen molar-refractivity contribution in [2.24, 2.45) is 0 Å². The van der Waals surface area contributed by atoms with E-state index in [2.05, 4.69) is 76.7 Å². The summed E-state index contributed by atoms with van der Waals surface area (Å²) in [6.07, 6.45) is 4.52. The third-order valence-corrected chi connectivity index (χ3v) is 5.02. The molecule has 1 unspecified atom stereocenters. The molecular weight excluding hydrogens is 336 g/mol. The van der Waals surface area contributed by atoms with Gasteiger partial charge in [-0.15, -0.1) is 0 Å². The molecule has 4 rings (SSSR count). The molecule has 0 radical (unpaired) electrons. The van der Waals surface area contributed by atoms with Gasteiger partial charge < -0.3 is 10.1 Å². The summed E-state index contributed by atoms with van der Waals surface area (Å²) in [4.78, 5) is 2.54. The van der Waals surface area contributed by atoms with E-state index in [4.69, 9.17) is 4.74 Å². The van der Waals surface area contributed by atoms with E-state index in [9.17, 15) is 0 Å². The fourth-order valence-electron chi connectivity index (χ4n) is 3.79. The summed E-state index contributed by atoms with van der Waals surface area (Å²) >= 11 is 0. The summed E-state index contributed by atoms with van der Waals surface area (Å²) in [5.41, 5.74) is 3.59. The average Bonchev–Trinajstić information content (AvgIpc) is 3.11. The molecule has 2 N–H and O–H groups in total. The number of nitrogens with one attached hydrogen (secondary N) is 2. The Labute approximate surface area is 160 Å². The van der Waals surface area contributed by atoms with Crippen molar-refractivity contribution in [1.82, 2.24) is 15.1 Å². The Balaban J connectivity index is 1.34. The molecule has 0 spiro atoms. The number of rotatable bonds is 6. The quantitative estimate of drug-likeness (QED) is 0.679. The van der Waals surface area contributed by atoms with Crippen molar-refractivity contribution in [2.75, 3.05) is 18.4 Å². The lowest BCUT2D eigenvalue weighted by Gasteiger charge is -2.33. The molecule has 1 aromatic heterocycles. The molecule has 3 aromatic rings. The van der Waals surface area contributed by atoms with Gasteiger partial charge in [-0.25, -0.2) is 0 Å².